The topological polar surface area (TPSA) is 52.6 Å². The molecule has 2 aliphatic rings. The quantitative estimate of drug-likeness (QED) is 0.902. The standard InChI is InChI=1S/C21H24N2O2/c1-23-11-10-19(20(23)14-6-3-2-4-7-14)22-21(25)18-13-17(18)15-8-5-9-16(24)12-15/h2-9,12,17-20,24H,10-11,13H2,1H3,(H,22,25)/t17-,18+,19+,20+/m1/s1. The van der Waals surface area contributed by atoms with Crippen LogP contribution in [0.2, 0.25) is 0 Å². The van der Waals surface area contributed by atoms with E-state index < -0.39 is 0 Å². The maximum Gasteiger partial charge on any atom is 0.224 e. The minimum atomic E-state index is 0.0316. The van der Waals surface area contributed by atoms with Crippen molar-refractivity contribution in [2.24, 2.45) is 5.92 Å². The normalized spacial score (nSPS) is 28.7. The molecule has 0 bridgehead atoms. The predicted molar refractivity (Wildman–Crippen MR) is 97.3 cm³/mol. The lowest BCUT2D eigenvalue weighted by atomic mass is 10.00. The van der Waals surface area contributed by atoms with Gasteiger partial charge in [0, 0.05) is 18.5 Å². The summed E-state index contributed by atoms with van der Waals surface area (Å²) in [5, 5.41) is 12.9. The summed E-state index contributed by atoms with van der Waals surface area (Å²) in [6.07, 6.45) is 1.85. The first kappa shape index (κ1) is 16.2. The maximum absolute atomic E-state index is 12.7. The Hall–Kier alpha value is -2.33. The van der Waals surface area contributed by atoms with Gasteiger partial charge in [0.2, 0.25) is 5.91 Å². The molecule has 4 nitrogen and oxygen atoms in total. The van der Waals surface area contributed by atoms with E-state index in [4.69, 9.17) is 0 Å². The lowest BCUT2D eigenvalue weighted by Crippen LogP contribution is -2.39. The van der Waals surface area contributed by atoms with Gasteiger partial charge in [-0.1, -0.05) is 42.5 Å². The van der Waals surface area contributed by atoms with Crippen LogP contribution < -0.4 is 5.32 Å². The molecule has 25 heavy (non-hydrogen) atoms. The molecule has 0 unspecified atom stereocenters. The van der Waals surface area contributed by atoms with Crippen molar-refractivity contribution >= 4 is 5.91 Å². The van der Waals surface area contributed by atoms with Gasteiger partial charge in [-0.15, -0.1) is 0 Å². The van der Waals surface area contributed by atoms with Gasteiger partial charge in [0.25, 0.3) is 0 Å². The molecule has 4 atom stereocenters. The van der Waals surface area contributed by atoms with E-state index in [1.165, 1.54) is 5.56 Å². The summed E-state index contributed by atoms with van der Waals surface area (Å²) >= 11 is 0. The van der Waals surface area contributed by atoms with Crippen molar-refractivity contribution in [1.29, 1.82) is 0 Å². The van der Waals surface area contributed by atoms with Crippen LogP contribution in [-0.4, -0.2) is 35.5 Å². The number of rotatable bonds is 4. The monoisotopic (exact) mass is 336 g/mol. The van der Waals surface area contributed by atoms with Crippen molar-refractivity contribution in [1.82, 2.24) is 10.2 Å². The first-order valence-corrected chi connectivity index (χ1v) is 8.98. The molecule has 0 aromatic heterocycles. The van der Waals surface area contributed by atoms with Crippen LogP contribution in [0.5, 0.6) is 5.75 Å². The number of hydrogen-bond acceptors (Lipinski definition) is 3. The van der Waals surface area contributed by atoms with Crippen molar-refractivity contribution in [3.63, 3.8) is 0 Å². The highest BCUT2D eigenvalue weighted by molar-refractivity contribution is 5.83. The molecule has 4 rings (SSSR count). The lowest BCUT2D eigenvalue weighted by Gasteiger charge is -2.26. The molecule has 2 aromatic rings. The molecule has 0 spiro atoms. The second-order valence-electron chi connectivity index (χ2n) is 7.28. The Bertz CT molecular complexity index is 762. The average molecular weight is 336 g/mol. The largest absolute Gasteiger partial charge is 0.508 e. The summed E-state index contributed by atoms with van der Waals surface area (Å²) in [5.41, 5.74) is 2.32. The molecule has 2 fully saturated rings. The molecule has 1 aliphatic carbocycles. The van der Waals surface area contributed by atoms with E-state index in [9.17, 15) is 9.90 Å². The van der Waals surface area contributed by atoms with Crippen LogP contribution in [0.15, 0.2) is 54.6 Å². The summed E-state index contributed by atoms with van der Waals surface area (Å²) in [6.45, 7) is 0.991. The fourth-order valence-electron chi connectivity index (χ4n) is 4.13. The SMILES string of the molecule is CN1CC[C@H](NC(=O)[C@H]2C[C@@H]2c2cccc(O)c2)[C@@H]1c1ccccc1. The number of nitrogens with one attached hydrogen (secondary N) is 1. The average Bonchev–Trinajstić information content (AvgIpc) is 3.34. The van der Waals surface area contributed by atoms with Crippen LogP contribution >= 0.6 is 0 Å². The molecule has 1 amide bonds. The molecule has 1 heterocycles. The Labute approximate surface area is 148 Å². The van der Waals surface area contributed by atoms with Gasteiger partial charge in [-0.2, -0.15) is 0 Å². The first-order chi connectivity index (χ1) is 12.1. The fraction of sp³-hybridized carbons (Fsp3) is 0.381. The molecule has 2 aromatic carbocycles. The van der Waals surface area contributed by atoms with Crippen molar-refractivity contribution < 1.29 is 9.90 Å². The summed E-state index contributed by atoms with van der Waals surface area (Å²) < 4.78 is 0. The summed E-state index contributed by atoms with van der Waals surface area (Å²) in [6, 6.07) is 18.1. The van der Waals surface area contributed by atoms with Crippen LogP contribution in [0.4, 0.5) is 0 Å². The van der Waals surface area contributed by atoms with Crippen molar-refractivity contribution in [3.05, 3.63) is 65.7 Å². The van der Waals surface area contributed by atoms with Crippen molar-refractivity contribution in [3.8, 4) is 5.75 Å². The maximum atomic E-state index is 12.7. The first-order valence-electron chi connectivity index (χ1n) is 8.98. The third kappa shape index (κ3) is 3.27. The minimum Gasteiger partial charge on any atom is -0.508 e. The van der Waals surface area contributed by atoms with Gasteiger partial charge in [-0.05, 0) is 49.1 Å². The van der Waals surface area contributed by atoms with Gasteiger partial charge < -0.3 is 10.4 Å². The van der Waals surface area contributed by atoms with Gasteiger partial charge in [0.05, 0.1) is 6.04 Å². The Kier molecular flexibility index (Phi) is 4.22. The van der Waals surface area contributed by atoms with Gasteiger partial charge in [-0.3, -0.25) is 9.69 Å². The molecule has 1 saturated heterocycles. The van der Waals surface area contributed by atoms with Crippen LogP contribution in [-0.2, 0) is 4.79 Å². The Balaban J connectivity index is 1.43. The second-order valence-corrected chi connectivity index (χ2v) is 7.28. The number of carbonyl (C=O) groups is 1. The number of aromatic hydroxyl groups is 1. The van der Waals surface area contributed by atoms with E-state index in [1.807, 2.05) is 18.2 Å². The van der Waals surface area contributed by atoms with E-state index in [0.29, 0.717) is 0 Å². The number of likely N-dealkylation sites (N-methyl/N-ethyl adjacent to an activating group) is 1. The molecule has 0 radical (unpaired) electrons. The van der Waals surface area contributed by atoms with Crippen LogP contribution in [0.25, 0.3) is 0 Å². The van der Waals surface area contributed by atoms with Crippen molar-refractivity contribution in [2.75, 3.05) is 13.6 Å². The molecule has 2 N–H and O–H groups in total. The Morgan fingerprint density at radius 1 is 1.12 bits per heavy atom. The molecule has 1 aliphatic heterocycles. The highest BCUT2D eigenvalue weighted by atomic mass is 16.3. The zero-order valence-electron chi connectivity index (χ0n) is 14.4. The molecule has 1 saturated carbocycles. The Morgan fingerprint density at radius 2 is 1.88 bits per heavy atom. The highest BCUT2D eigenvalue weighted by Gasteiger charge is 2.45. The van der Waals surface area contributed by atoms with Crippen LogP contribution in [0.3, 0.4) is 0 Å². The molecule has 4 heteroatoms. The smallest absolute Gasteiger partial charge is 0.224 e. The van der Waals surface area contributed by atoms with Gasteiger partial charge >= 0.3 is 0 Å². The van der Waals surface area contributed by atoms with Gasteiger partial charge in [0.1, 0.15) is 5.75 Å². The highest BCUT2D eigenvalue weighted by Crippen LogP contribution is 2.48. The molecular formula is C21H24N2O2. The lowest BCUT2D eigenvalue weighted by molar-refractivity contribution is -0.123. The third-order valence-electron chi connectivity index (χ3n) is 5.54. The van der Waals surface area contributed by atoms with E-state index in [1.54, 1.807) is 12.1 Å². The van der Waals surface area contributed by atoms with E-state index in [0.717, 1.165) is 24.9 Å². The van der Waals surface area contributed by atoms with E-state index in [2.05, 4.69) is 41.5 Å². The van der Waals surface area contributed by atoms with Gasteiger partial charge in [0.15, 0.2) is 0 Å². The zero-order chi connectivity index (χ0) is 17.4. The number of amides is 1. The zero-order valence-corrected chi connectivity index (χ0v) is 14.4. The number of likely N-dealkylation sites (tertiary alicyclic amines) is 1. The fourth-order valence-corrected chi connectivity index (χ4v) is 4.13. The van der Waals surface area contributed by atoms with Crippen molar-refractivity contribution in [2.45, 2.75) is 30.8 Å². The van der Waals surface area contributed by atoms with Crippen LogP contribution in [0, 0.1) is 5.92 Å². The Morgan fingerprint density at radius 3 is 2.64 bits per heavy atom. The van der Waals surface area contributed by atoms with Gasteiger partial charge in [-0.25, -0.2) is 0 Å². The third-order valence-corrected chi connectivity index (χ3v) is 5.54. The van der Waals surface area contributed by atoms with Crippen LogP contribution in [0.1, 0.15) is 35.9 Å². The number of nitrogens with zero attached hydrogens (tertiary/aromatic N) is 1. The number of carbonyl (C=O) groups excluding carboxylic acids is 1. The second kappa shape index (κ2) is 6.52. The summed E-state index contributed by atoms with van der Waals surface area (Å²) in [5.74, 6) is 0.685. The summed E-state index contributed by atoms with van der Waals surface area (Å²) in [4.78, 5) is 15.0. The minimum absolute atomic E-state index is 0.0316. The van der Waals surface area contributed by atoms with E-state index >= 15 is 0 Å². The molecule has 130 valence electrons. The summed E-state index contributed by atoms with van der Waals surface area (Å²) in [7, 11) is 2.12. The number of hydrogen-bond donors (Lipinski definition) is 2. The number of phenols is 1. The predicted octanol–water partition coefficient (Wildman–Crippen LogP) is 3.06. The molecular weight excluding hydrogens is 312 g/mol. The number of phenolic OH excluding ortho intramolecular Hbond substituents is 1. The van der Waals surface area contributed by atoms with E-state index in [-0.39, 0.29) is 35.6 Å². The number of benzene rings is 2.